The zero-order valence-electron chi connectivity index (χ0n) is 14.1. The fourth-order valence-electron chi connectivity index (χ4n) is 2.52. The molecule has 0 aliphatic heterocycles. The summed E-state index contributed by atoms with van der Waals surface area (Å²) in [5, 5.41) is 9.29. The molecule has 0 heterocycles. The molecule has 0 saturated carbocycles. The molecule has 5 N–H and O–H groups in total. The molecule has 138 valence electrons. The molecule has 7 nitrogen and oxygen atoms in total. The Morgan fingerprint density at radius 2 is 1.56 bits per heavy atom. The van der Waals surface area contributed by atoms with E-state index in [1.807, 2.05) is 6.07 Å². The van der Waals surface area contributed by atoms with Crippen molar-refractivity contribution >= 4 is 21.6 Å². The summed E-state index contributed by atoms with van der Waals surface area (Å²) in [6.45, 7) is 0. The van der Waals surface area contributed by atoms with Crippen molar-refractivity contribution in [3.63, 3.8) is 0 Å². The second kappa shape index (κ2) is 7.10. The Kier molecular flexibility index (Phi) is 4.85. The van der Waals surface area contributed by atoms with Gasteiger partial charge in [0.1, 0.15) is 5.75 Å². The van der Waals surface area contributed by atoms with Gasteiger partial charge in [0.15, 0.2) is 0 Å². The monoisotopic (exact) mass is 383 g/mol. The van der Waals surface area contributed by atoms with Crippen LogP contribution in [-0.4, -0.2) is 23.8 Å². The number of phenols is 1. The fraction of sp³-hybridized carbons (Fsp3) is 0. The summed E-state index contributed by atoms with van der Waals surface area (Å²) in [4.78, 5) is 12.3. The first-order chi connectivity index (χ1) is 12.8. The number of benzene rings is 3. The average molecular weight is 383 g/mol. The maximum absolute atomic E-state index is 12.8. The molecule has 1 amide bonds. The molecule has 0 aliphatic carbocycles. The maximum atomic E-state index is 12.8. The van der Waals surface area contributed by atoms with Crippen molar-refractivity contribution in [3.05, 3.63) is 78.4 Å². The van der Waals surface area contributed by atoms with Crippen LogP contribution in [0.3, 0.4) is 0 Å². The summed E-state index contributed by atoms with van der Waals surface area (Å²) in [7, 11) is -4.30. The van der Waals surface area contributed by atoms with Gasteiger partial charge in [0.05, 0.1) is 4.90 Å². The van der Waals surface area contributed by atoms with E-state index in [0.717, 1.165) is 5.56 Å². The van der Waals surface area contributed by atoms with E-state index >= 15 is 0 Å². The van der Waals surface area contributed by atoms with Crippen LogP contribution in [-0.2, 0) is 10.0 Å². The zero-order chi connectivity index (χ0) is 19.6. The van der Waals surface area contributed by atoms with Crippen LogP contribution in [0.1, 0.15) is 10.4 Å². The average Bonchev–Trinajstić information content (AvgIpc) is 2.68. The highest BCUT2D eigenvalue weighted by atomic mass is 32.2. The minimum Gasteiger partial charge on any atom is -0.508 e. The van der Waals surface area contributed by atoms with Crippen molar-refractivity contribution in [2.75, 3.05) is 5.73 Å². The smallest absolute Gasteiger partial charge is 0.282 e. The minimum absolute atomic E-state index is 0.0256. The van der Waals surface area contributed by atoms with E-state index in [9.17, 15) is 18.3 Å². The third-order valence-corrected chi connectivity index (χ3v) is 5.51. The number of rotatable bonds is 4. The number of nitrogen functional groups attached to an aromatic ring is 1. The summed E-state index contributed by atoms with van der Waals surface area (Å²) in [5.74, 6) is 4.65. The number of amides is 1. The molecule has 0 atom stereocenters. The molecule has 0 aliphatic rings. The number of hydrogen-bond acceptors (Lipinski definition) is 6. The number of aromatic hydroxyl groups is 1. The van der Waals surface area contributed by atoms with Crippen LogP contribution in [0.4, 0.5) is 5.69 Å². The van der Waals surface area contributed by atoms with E-state index in [1.165, 1.54) is 42.5 Å². The number of sulfonamides is 1. The highest BCUT2D eigenvalue weighted by Gasteiger charge is 2.28. The number of anilines is 1. The van der Waals surface area contributed by atoms with Crippen molar-refractivity contribution in [1.82, 2.24) is 4.41 Å². The van der Waals surface area contributed by atoms with E-state index in [4.69, 9.17) is 11.6 Å². The Bertz CT molecular complexity index is 1080. The van der Waals surface area contributed by atoms with Gasteiger partial charge in [-0.15, -0.1) is 0 Å². The molecular formula is C19H17N3O4S. The number of carbonyl (C=O) groups is 1. The predicted octanol–water partition coefficient (Wildman–Crippen LogP) is 2.35. The molecule has 3 aromatic rings. The van der Waals surface area contributed by atoms with E-state index in [1.54, 1.807) is 24.3 Å². The molecule has 0 fully saturated rings. The summed E-state index contributed by atoms with van der Waals surface area (Å²) >= 11 is 0. The maximum Gasteiger partial charge on any atom is 0.282 e. The minimum atomic E-state index is -4.30. The topological polar surface area (TPSA) is 127 Å². The van der Waals surface area contributed by atoms with Gasteiger partial charge >= 0.3 is 0 Å². The van der Waals surface area contributed by atoms with Gasteiger partial charge in [-0.3, -0.25) is 4.79 Å². The van der Waals surface area contributed by atoms with Gasteiger partial charge in [-0.1, -0.05) is 30.3 Å². The van der Waals surface area contributed by atoms with Crippen LogP contribution >= 0.6 is 0 Å². The number of phenolic OH excluding ortho intramolecular Hbond substituents is 1. The molecule has 0 spiro atoms. The lowest BCUT2D eigenvalue weighted by Crippen LogP contribution is -2.42. The zero-order valence-corrected chi connectivity index (χ0v) is 14.9. The molecule has 3 aromatic carbocycles. The third kappa shape index (κ3) is 3.62. The summed E-state index contributed by atoms with van der Waals surface area (Å²) in [6, 6.07) is 18.3. The molecule has 0 aromatic heterocycles. The number of hydrazine groups is 1. The number of hydrogen-bond donors (Lipinski definition) is 3. The van der Waals surface area contributed by atoms with Crippen molar-refractivity contribution < 1.29 is 18.3 Å². The molecule has 27 heavy (non-hydrogen) atoms. The highest BCUT2D eigenvalue weighted by molar-refractivity contribution is 7.89. The van der Waals surface area contributed by atoms with Gasteiger partial charge < -0.3 is 10.8 Å². The third-order valence-electron chi connectivity index (χ3n) is 3.98. The first-order valence-electron chi connectivity index (χ1n) is 7.89. The summed E-state index contributed by atoms with van der Waals surface area (Å²) in [5.41, 5.74) is 7.65. The Morgan fingerprint density at radius 1 is 0.926 bits per heavy atom. The number of nitrogens with two attached hydrogens (primary N) is 2. The van der Waals surface area contributed by atoms with Crippen molar-refractivity contribution in [1.29, 1.82) is 0 Å². The fourth-order valence-corrected chi connectivity index (χ4v) is 3.58. The molecule has 3 rings (SSSR count). The molecule has 0 radical (unpaired) electrons. The molecule has 0 saturated heterocycles. The molecule has 0 unspecified atom stereocenters. The van der Waals surface area contributed by atoms with Gasteiger partial charge in [0, 0.05) is 16.8 Å². The predicted molar refractivity (Wildman–Crippen MR) is 102 cm³/mol. The molecular weight excluding hydrogens is 366 g/mol. The number of carbonyl (C=O) groups excluding carboxylic acids is 1. The summed E-state index contributed by atoms with van der Waals surface area (Å²) in [6.07, 6.45) is 0. The van der Waals surface area contributed by atoms with Gasteiger partial charge in [-0.25, -0.2) is 5.84 Å². The lowest BCUT2D eigenvalue weighted by Gasteiger charge is -2.18. The highest BCUT2D eigenvalue weighted by Crippen LogP contribution is 2.29. The summed E-state index contributed by atoms with van der Waals surface area (Å²) < 4.78 is 25.8. The lowest BCUT2D eigenvalue weighted by molar-refractivity contribution is 0.0861. The van der Waals surface area contributed by atoms with Crippen LogP contribution < -0.4 is 11.6 Å². The van der Waals surface area contributed by atoms with Crippen LogP contribution in [0.5, 0.6) is 5.75 Å². The van der Waals surface area contributed by atoms with Crippen LogP contribution in [0, 0.1) is 0 Å². The Balaban J connectivity index is 1.99. The number of nitrogens with zero attached hydrogens (tertiary/aromatic N) is 1. The van der Waals surface area contributed by atoms with Crippen molar-refractivity contribution in [2.45, 2.75) is 4.90 Å². The van der Waals surface area contributed by atoms with E-state index in [2.05, 4.69) is 0 Å². The van der Waals surface area contributed by atoms with Crippen molar-refractivity contribution in [2.24, 2.45) is 5.84 Å². The quantitative estimate of drug-likeness (QED) is 0.275. The Hall–Kier alpha value is -3.36. The SMILES string of the molecule is Nc1ccc(S(=O)(=O)N(N)C(=O)c2ccc(O)cc2)cc1-c1ccccc1. The second-order valence-electron chi connectivity index (χ2n) is 5.77. The van der Waals surface area contributed by atoms with Gasteiger partial charge in [-0.2, -0.15) is 12.8 Å². The molecule has 8 heteroatoms. The van der Waals surface area contributed by atoms with Gasteiger partial charge in [0.2, 0.25) is 0 Å². The van der Waals surface area contributed by atoms with Crippen LogP contribution in [0.15, 0.2) is 77.7 Å². The standard InChI is InChI=1S/C19H17N3O4S/c20-18-11-10-16(12-17(18)13-4-2-1-3-5-13)27(25,26)22(21)19(24)14-6-8-15(23)9-7-14/h1-12,23H,20-21H2. The first kappa shape index (κ1) is 18.4. The Labute approximate surface area is 156 Å². The lowest BCUT2D eigenvalue weighted by atomic mass is 10.0. The second-order valence-corrected chi connectivity index (χ2v) is 7.58. The normalized spacial score (nSPS) is 11.1. The van der Waals surface area contributed by atoms with Gasteiger partial charge in [0.25, 0.3) is 15.9 Å². The Morgan fingerprint density at radius 3 is 2.19 bits per heavy atom. The first-order valence-corrected chi connectivity index (χ1v) is 9.33. The van der Waals surface area contributed by atoms with Crippen LogP contribution in [0.2, 0.25) is 0 Å². The molecule has 0 bridgehead atoms. The van der Waals surface area contributed by atoms with Crippen LogP contribution in [0.25, 0.3) is 11.1 Å². The van der Waals surface area contributed by atoms with Crippen molar-refractivity contribution in [3.8, 4) is 16.9 Å². The van der Waals surface area contributed by atoms with E-state index in [-0.39, 0.29) is 20.6 Å². The van der Waals surface area contributed by atoms with Gasteiger partial charge in [-0.05, 0) is 48.0 Å². The van der Waals surface area contributed by atoms with E-state index in [0.29, 0.717) is 11.3 Å². The largest absolute Gasteiger partial charge is 0.508 e. The van der Waals surface area contributed by atoms with E-state index < -0.39 is 15.9 Å².